The lowest BCUT2D eigenvalue weighted by Gasteiger charge is -2.18. The number of anilines is 1. The molecule has 0 unspecified atom stereocenters. The first-order chi connectivity index (χ1) is 10.3. The van der Waals surface area contributed by atoms with E-state index < -0.39 is 0 Å². The third-order valence-electron chi connectivity index (χ3n) is 3.58. The van der Waals surface area contributed by atoms with Gasteiger partial charge in [-0.25, -0.2) is 9.97 Å². The van der Waals surface area contributed by atoms with E-state index in [-0.39, 0.29) is 12.3 Å². The van der Waals surface area contributed by atoms with Gasteiger partial charge in [-0.1, -0.05) is 30.6 Å². The van der Waals surface area contributed by atoms with Gasteiger partial charge in [-0.05, 0) is 18.9 Å². The van der Waals surface area contributed by atoms with Gasteiger partial charge in [0.15, 0.2) is 0 Å². The minimum Gasteiger partial charge on any atom is -0.300 e. The minimum absolute atomic E-state index is 0.152. The van der Waals surface area contributed by atoms with Crippen LogP contribution in [0.2, 0.25) is 0 Å². The fourth-order valence-electron chi connectivity index (χ4n) is 2.53. The predicted octanol–water partition coefficient (Wildman–Crippen LogP) is 2.56. The summed E-state index contributed by atoms with van der Waals surface area (Å²) >= 11 is 1.48. The maximum absolute atomic E-state index is 11.9. The largest absolute Gasteiger partial charge is 0.300 e. The van der Waals surface area contributed by atoms with E-state index >= 15 is 0 Å². The SMILES string of the molecule is O=C(Cc1ncccn1)Nc1nnc(C2CCCCC2)s1. The summed E-state index contributed by atoms with van der Waals surface area (Å²) in [4.78, 5) is 20.0. The van der Waals surface area contributed by atoms with Crippen LogP contribution < -0.4 is 5.32 Å². The van der Waals surface area contributed by atoms with Gasteiger partial charge in [0.2, 0.25) is 11.0 Å². The smallest absolute Gasteiger partial charge is 0.233 e. The predicted molar refractivity (Wildman–Crippen MR) is 80.1 cm³/mol. The van der Waals surface area contributed by atoms with Crippen molar-refractivity contribution in [1.82, 2.24) is 20.2 Å². The molecule has 0 spiro atoms. The zero-order chi connectivity index (χ0) is 14.5. The van der Waals surface area contributed by atoms with Crippen LogP contribution in [-0.4, -0.2) is 26.1 Å². The van der Waals surface area contributed by atoms with Crippen LogP contribution in [0.4, 0.5) is 5.13 Å². The van der Waals surface area contributed by atoms with E-state index in [0.29, 0.717) is 16.9 Å². The number of nitrogens with one attached hydrogen (secondary N) is 1. The number of hydrogen-bond acceptors (Lipinski definition) is 6. The van der Waals surface area contributed by atoms with Crippen molar-refractivity contribution in [3.63, 3.8) is 0 Å². The Kier molecular flexibility index (Phi) is 4.49. The highest BCUT2D eigenvalue weighted by Gasteiger charge is 2.20. The van der Waals surface area contributed by atoms with E-state index in [9.17, 15) is 4.79 Å². The Bertz CT molecular complexity index is 594. The van der Waals surface area contributed by atoms with Crippen LogP contribution in [-0.2, 0) is 11.2 Å². The standard InChI is InChI=1S/C14H17N5OS/c20-12(9-11-15-7-4-8-16-11)17-14-19-18-13(21-14)10-5-2-1-3-6-10/h4,7-8,10H,1-3,5-6,9H2,(H,17,19,20). The van der Waals surface area contributed by atoms with Crippen LogP contribution >= 0.6 is 11.3 Å². The maximum Gasteiger partial charge on any atom is 0.233 e. The van der Waals surface area contributed by atoms with Crippen molar-refractivity contribution in [2.45, 2.75) is 44.4 Å². The Balaban J connectivity index is 1.57. The molecule has 0 bridgehead atoms. The van der Waals surface area contributed by atoms with Crippen molar-refractivity contribution in [1.29, 1.82) is 0 Å². The van der Waals surface area contributed by atoms with Crippen LogP contribution in [0.25, 0.3) is 0 Å². The number of rotatable bonds is 4. The quantitative estimate of drug-likeness (QED) is 0.938. The number of hydrogen-bond donors (Lipinski definition) is 1. The highest BCUT2D eigenvalue weighted by molar-refractivity contribution is 7.15. The fraction of sp³-hybridized carbons (Fsp3) is 0.500. The van der Waals surface area contributed by atoms with E-state index in [0.717, 1.165) is 5.01 Å². The third kappa shape index (κ3) is 3.81. The topological polar surface area (TPSA) is 80.7 Å². The molecule has 7 heteroatoms. The zero-order valence-corrected chi connectivity index (χ0v) is 12.5. The average Bonchev–Trinajstić information content (AvgIpc) is 2.97. The Morgan fingerprint density at radius 3 is 2.71 bits per heavy atom. The molecule has 21 heavy (non-hydrogen) atoms. The molecular weight excluding hydrogens is 286 g/mol. The fourth-order valence-corrected chi connectivity index (χ4v) is 3.46. The summed E-state index contributed by atoms with van der Waals surface area (Å²) in [6.07, 6.45) is 9.61. The number of carbonyl (C=O) groups is 1. The maximum atomic E-state index is 11.9. The number of nitrogens with zero attached hydrogens (tertiary/aromatic N) is 4. The van der Waals surface area contributed by atoms with Gasteiger partial charge in [-0.3, -0.25) is 4.79 Å². The molecular formula is C14H17N5OS. The van der Waals surface area contributed by atoms with Crippen LogP contribution in [0.3, 0.4) is 0 Å². The Morgan fingerprint density at radius 1 is 1.19 bits per heavy atom. The lowest BCUT2D eigenvalue weighted by atomic mass is 9.90. The zero-order valence-electron chi connectivity index (χ0n) is 11.7. The molecule has 2 heterocycles. The van der Waals surface area contributed by atoms with Gasteiger partial charge in [-0.2, -0.15) is 0 Å². The molecule has 0 saturated heterocycles. The summed E-state index contributed by atoms with van der Waals surface area (Å²) in [5, 5.41) is 12.7. The molecule has 2 aromatic heterocycles. The Labute approximate surface area is 127 Å². The summed E-state index contributed by atoms with van der Waals surface area (Å²) in [6, 6.07) is 1.72. The molecule has 0 aromatic carbocycles. The molecule has 0 aliphatic heterocycles. The second kappa shape index (κ2) is 6.71. The molecule has 110 valence electrons. The van der Waals surface area contributed by atoms with Gasteiger partial charge in [0.1, 0.15) is 10.8 Å². The van der Waals surface area contributed by atoms with Crippen molar-refractivity contribution in [2.24, 2.45) is 0 Å². The van der Waals surface area contributed by atoms with E-state index in [1.54, 1.807) is 18.5 Å². The summed E-state index contributed by atoms with van der Waals surface area (Å²) in [5.74, 6) is 0.860. The highest BCUT2D eigenvalue weighted by atomic mass is 32.1. The van der Waals surface area contributed by atoms with E-state index in [1.165, 1.54) is 43.4 Å². The molecule has 1 aliphatic rings. The van der Waals surface area contributed by atoms with Crippen LogP contribution in [0.5, 0.6) is 0 Å². The van der Waals surface area contributed by atoms with E-state index in [2.05, 4.69) is 25.5 Å². The second-order valence-electron chi connectivity index (χ2n) is 5.17. The average molecular weight is 303 g/mol. The van der Waals surface area contributed by atoms with Crippen LogP contribution in [0.1, 0.15) is 48.9 Å². The molecule has 0 radical (unpaired) electrons. The molecule has 2 aromatic rings. The van der Waals surface area contributed by atoms with Crippen LogP contribution in [0.15, 0.2) is 18.5 Å². The first kappa shape index (κ1) is 14.1. The lowest BCUT2D eigenvalue weighted by molar-refractivity contribution is -0.115. The Hall–Kier alpha value is -1.89. The van der Waals surface area contributed by atoms with Crippen molar-refractivity contribution >= 4 is 22.4 Å². The third-order valence-corrected chi connectivity index (χ3v) is 4.58. The monoisotopic (exact) mass is 303 g/mol. The van der Waals surface area contributed by atoms with Crippen molar-refractivity contribution in [2.75, 3.05) is 5.32 Å². The van der Waals surface area contributed by atoms with Gasteiger partial charge in [0, 0.05) is 18.3 Å². The minimum atomic E-state index is -0.160. The van der Waals surface area contributed by atoms with Crippen molar-refractivity contribution in [3.05, 3.63) is 29.3 Å². The van der Waals surface area contributed by atoms with Gasteiger partial charge < -0.3 is 5.32 Å². The molecule has 0 atom stereocenters. The first-order valence-corrected chi connectivity index (χ1v) is 8.02. The van der Waals surface area contributed by atoms with Gasteiger partial charge in [0.25, 0.3) is 0 Å². The Morgan fingerprint density at radius 2 is 1.95 bits per heavy atom. The summed E-state index contributed by atoms with van der Waals surface area (Å²) in [5.41, 5.74) is 0. The molecule has 1 fully saturated rings. The highest BCUT2D eigenvalue weighted by Crippen LogP contribution is 2.35. The summed E-state index contributed by atoms with van der Waals surface area (Å²) in [7, 11) is 0. The van der Waals surface area contributed by atoms with Crippen LogP contribution in [0, 0.1) is 0 Å². The first-order valence-electron chi connectivity index (χ1n) is 7.20. The summed E-state index contributed by atoms with van der Waals surface area (Å²) < 4.78 is 0. The number of aromatic nitrogens is 4. The van der Waals surface area contributed by atoms with Gasteiger partial charge in [-0.15, -0.1) is 10.2 Å². The number of amides is 1. The molecule has 1 aliphatic carbocycles. The molecule has 1 N–H and O–H groups in total. The van der Waals surface area contributed by atoms with Gasteiger partial charge >= 0.3 is 0 Å². The summed E-state index contributed by atoms with van der Waals surface area (Å²) in [6.45, 7) is 0. The second-order valence-corrected chi connectivity index (χ2v) is 6.18. The van der Waals surface area contributed by atoms with Crippen molar-refractivity contribution in [3.8, 4) is 0 Å². The molecule has 6 nitrogen and oxygen atoms in total. The van der Waals surface area contributed by atoms with Crippen molar-refractivity contribution < 1.29 is 4.79 Å². The molecule has 3 rings (SSSR count). The number of carbonyl (C=O) groups excluding carboxylic acids is 1. The normalized spacial score (nSPS) is 15.8. The molecule has 1 amide bonds. The van der Waals surface area contributed by atoms with E-state index in [1.807, 2.05) is 0 Å². The van der Waals surface area contributed by atoms with E-state index in [4.69, 9.17) is 0 Å². The lowest BCUT2D eigenvalue weighted by Crippen LogP contribution is -2.15. The van der Waals surface area contributed by atoms with Gasteiger partial charge in [0.05, 0.1) is 6.42 Å². The molecule has 1 saturated carbocycles.